The van der Waals surface area contributed by atoms with Gasteiger partial charge in [-0.2, -0.15) is 4.31 Å². The predicted molar refractivity (Wildman–Crippen MR) is 133 cm³/mol. The highest BCUT2D eigenvalue weighted by Crippen LogP contribution is 2.37. The summed E-state index contributed by atoms with van der Waals surface area (Å²) < 4.78 is 34.3. The van der Waals surface area contributed by atoms with Gasteiger partial charge in [0.25, 0.3) is 5.91 Å². The van der Waals surface area contributed by atoms with Crippen LogP contribution in [0.1, 0.15) is 43.7 Å². The summed E-state index contributed by atoms with van der Waals surface area (Å²) in [6, 6.07) is 11.2. The molecule has 1 saturated heterocycles. The smallest absolute Gasteiger partial charge is 0.265 e. The van der Waals surface area contributed by atoms with Crippen molar-refractivity contribution in [3.05, 3.63) is 47.5 Å². The maximum absolute atomic E-state index is 13.5. The number of anilines is 2. The Morgan fingerprint density at radius 1 is 1.14 bits per heavy atom. The predicted octanol–water partition coefficient (Wildman–Crippen LogP) is 3.48. The molecular weight excluding hydrogens is 466 g/mol. The summed E-state index contributed by atoms with van der Waals surface area (Å²) in [4.78, 5) is 27.5. The van der Waals surface area contributed by atoms with E-state index in [2.05, 4.69) is 11.4 Å². The third-order valence-electron chi connectivity index (χ3n) is 7.26. The molecule has 1 N–H and O–H groups in total. The van der Waals surface area contributed by atoms with Crippen LogP contribution in [0.15, 0.2) is 41.3 Å². The number of carbonyl (C=O) groups excluding carboxylic acids is 2. The van der Waals surface area contributed by atoms with Gasteiger partial charge in [0.05, 0.1) is 10.6 Å². The number of rotatable bonds is 4. The van der Waals surface area contributed by atoms with Crippen LogP contribution in [-0.4, -0.2) is 50.3 Å². The zero-order valence-corrected chi connectivity index (χ0v) is 20.9. The number of fused-ring (bicyclic) bond motifs is 2. The Labute approximate surface area is 206 Å². The lowest BCUT2D eigenvalue weighted by atomic mass is 9.94. The summed E-state index contributed by atoms with van der Waals surface area (Å²) in [6.07, 6.45) is 2.75. The van der Waals surface area contributed by atoms with E-state index >= 15 is 0 Å². The van der Waals surface area contributed by atoms with E-state index in [1.807, 2.05) is 30.0 Å². The molecule has 8 nitrogen and oxygen atoms in total. The van der Waals surface area contributed by atoms with Gasteiger partial charge >= 0.3 is 0 Å². The number of para-hydroxylation sites is 1. The number of sulfonamides is 1. The van der Waals surface area contributed by atoms with Gasteiger partial charge in [0, 0.05) is 37.3 Å². The van der Waals surface area contributed by atoms with Gasteiger partial charge in [0.2, 0.25) is 15.9 Å². The number of hydrogen-bond acceptors (Lipinski definition) is 5. The van der Waals surface area contributed by atoms with Gasteiger partial charge in [-0.1, -0.05) is 25.1 Å². The number of amides is 2. The molecule has 1 fully saturated rings. The molecule has 1 atom stereocenters. The fourth-order valence-corrected chi connectivity index (χ4v) is 6.99. The topological polar surface area (TPSA) is 96.0 Å². The molecule has 35 heavy (non-hydrogen) atoms. The van der Waals surface area contributed by atoms with Crippen molar-refractivity contribution >= 4 is 33.2 Å². The van der Waals surface area contributed by atoms with Crippen LogP contribution < -0.4 is 15.0 Å². The highest BCUT2D eigenvalue weighted by Gasteiger charge is 2.37. The summed E-state index contributed by atoms with van der Waals surface area (Å²) in [5, 5.41) is 2.80. The molecule has 0 aromatic heterocycles. The average Bonchev–Trinajstić information content (AvgIpc) is 2.87. The summed E-state index contributed by atoms with van der Waals surface area (Å²) in [6.45, 7) is 4.85. The fourth-order valence-electron chi connectivity index (χ4n) is 5.30. The zero-order chi connectivity index (χ0) is 24.7. The van der Waals surface area contributed by atoms with Crippen LogP contribution in [0.25, 0.3) is 0 Å². The Morgan fingerprint density at radius 2 is 1.89 bits per heavy atom. The molecule has 3 aliphatic rings. The van der Waals surface area contributed by atoms with E-state index in [-0.39, 0.29) is 22.6 Å². The number of aryl methyl sites for hydroxylation is 2. The second-order valence-electron chi connectivity index (χ2n) is 9.52. The molecule has 2 aromatic carbocycles. The number of ether oxygens (including phenoxy) is 1. The minimum absolute atomic E-state index is 0.0916. The maximum Gasteiger partial charge on any atom is 0.265 e. The van der Waals surface area contributed by atoms with Crippen molar-refractivity contribution in [2.75, 3.05) is 29.9 Å². The Kier molecular flexibility index (Phi) is 6.31. The molecule has 186 valence electrons. The number of benzene rings is 2. The van der Waals surface area contributed by atoms with Gasteiger partial charge < -0.3 is 15.0 Å². The van der Waals surface area contributed by atoms with E-state index in [0.717, 1.165) is 18.5 Å². The standard InChI is InChI=1S/C26H31N3O5S/c1-3-22-25(30)27-20-15-17(2)24(16-23(20)34-22)35(32,33)28-13-10-19(11-14-28)26(31)29-12-6-8-18-7-4-5-9-21(18)29/h4-5,7,9,15-16,19,22H,3,6,8,10-14H2,1-2H3,(H,27,30). The molecule has 1 unspecified atom stereocenters. The van der Waals surface area contributed by atoms with Crippen LogP contribution in [0.3, 0.4) is 0 Å². The van der Waals surface area contributed by atoms with E-state index in [1.54, 1.807) is 13.0 Å². The molecule has 0 spiro atoms. The van der Waals surface area contributed by atoms with Crippen molar-refractivity contribution in [1.29, 1.82) is 0 Å². The van der Waals surface area contributed by atoms with Crippen LogP contribution in [0.2, 0.25) is 0 Å². The van der Waals surface area contributed by atoms with E-state index in [9.17, 15) is 18.0 Å². The average molecular weight is 498 g/mol. The molecule has 0 aliphatic carbocycles. The lowest BCUT2D eigenvalue weighted by Gasteiger charge is -2.36. The van der Waals surface area contributed by atoms with Crippen LogP contribution >= 0.6 is 0 Å². The highest BCUT2D eigenvalue weighted by molar-refractivity contribution is 7.89. The normalized spacial score (nSPS) is 21.0. The Balaban J connectivity index is 1.31. The molecule has 0 bridgehead atoms. The Bertz CT molecular complexity index is 1270. The fraction of sp³-hybridized carbons (Fsp3) is 0.462. The van der Waals surface area contributed by atoms with E-state index in [0.29, 0.717) is 55.9 Å². The van der Waals surface area contributed by atoms with Gasteiger partial charge in [-0.3, -0.25) is 9.59 Å². The number of hydrogen-bond donors (Lipinski definition) is 1. The molecule has 0 radical (unpaired) electrons. The van der Waals surface area contributed by atoms with Crippen molar-refractivity contribution in [3.8, 4) is 5.75 Å². The first-order chi connectivity index (χ1) is 16.8. The monoisotopic (exact) mass is 497 g/mol. The van der Waals surface area contributed by atoms with Gasteiger partial charge in [0.1, 0.15) is 5.75 Å². The van der Waals surface area contributed by atoms with Crippen molar-refractivity contribution in [2.24, 2.45) is 5.92 Å². The SMILES string of the molecule is CCC1Oc2cc(S(=O)(=O)N3CCC(C(=O)N4CCCc5ccccc54)CC3)c(C)cc2NC1=O. The van der Waals surface area contributed by atoms with Crippen LogP contribution in [0.5, 0.6) is 5.75 Å². The molecule has 0 saturated carbocycles. The van der Waals surface area contributed by atoms with Crippen molar-refractivity contribution in [3.63, 3.8) is 0 Å². The summed E-state index contributed by atoms with van der Waals surface area (Å²) >= 11 is 0. The second kappa shape index (κ2) is 9.28. The van der Waals surface area contributed by atoms with Gasteiger partial charge in [-0.25, -0.2) is 8.42 Å². The maximum atomic E-state index is 13.5. The van der Waals surface area contributed by atoms with Gasteiger partial charge in [0.15, 0.2) is 6.10 Å². The Morgan fingerprint density at radius 3 is 2.63 bits per heavy atom. The number of nitrogens with zero attached hydrogens (tertiary/aromatic N) is 2. The van der Waals surface area contributed by atoms with Crippen molar-refractivity contribution in [1.82, 2.24) is 4.31 Å². The van der Waals surface area contributed by atoms with E-state index in [4.69, 9.17) is 4.74 Å². The first kappa shape index (κ1) is 23.8. The second-order valence-corrected chi connectivity index (χ2v) is 11.4. The minimum Gasteiger partial charge on any atom is -0.478 e. The zero-order valence-electron chi connectivity index (χ0n) is 20.1. The Hall–Kier alpha value is -2.91. The minimum atomic E-state index is -3.77. The first-order valence-corrected chi connectivity index (χ1v) is 13.7. The third kappa shape index (κ3) is 4.31. The summed E-state index contributed by atoms with van der Waals surface area (Å²) in [5.74, 6) is 0.0440. The molecule has 5 rings (SSSR count). The molecule has 9 heteroatoms. The number of piperidine rings is 1. The number of nitrogens with one attached hydrogen (secondary N) is 1. The van der Waals surface area contributed by atoms with Crippen molar-refractivity contribution < 1.29 is 22.7 Å². The van der Waals surface area contributed by atoms with E-state index in [1.165, 1.54) is 15.9 Å². The van der Waals surface area contributed by atoms with Crippen molar-refractivity contribution in [2.45, 2.75) is 57.0 Å². The van der Waals surface area contributed by atoms with Crippen LogP contribution in [-0.2, 0) is 26.0 Å². The van der Waals surface area contributed by atoms with Crippen LogP contribution in [0, 0.1) is 12.8 Å². The summed E-state index contributed by atoms with van der Waals surface area (Å²) in [5.41, 5.74) is 3.22. The van der Waals surface area contributed by atoms with Gasteiger partial charge in [-0.15, -0.1) is 0 Å². The third-order valence-corrected chi connectivity index (χ3v) is 9.31. The highest BCUT2D eigenvalue weighted by atomic mass is 32.2. The first-order valence-electron chi connectivity index (χ1n) is 12.3. The molecule has 3 aliphatic heterocycles. The van der Waals surface area contributed by atoms with E-state index < -0.39 is 16.1 Å². The molecule has 2 amide bonds. The molecular formula is C26H31N3O5S. The van der Waals surface area contributed by atoms with Crippen LogP contribution in [0.4, 0.5) is 11.4 Å². The number of carbonyl (C=O) groups is 2. The van der Waals surface area contributed by atoms with Gasteiger partial charge in [-0.05, 0) is 62.3 Å². The molecule has 2 aromatic rings. The lowest BCUT2D eigenvalue weighted by Crippen LogP contribution is -2.45. The largest absolute Gasteiger partial charge is 0.478 e. The quantitative estimate of drug-likeness (QED) is 0.698. The molecule has 3 heterocycles. The summed E-state index contributed by atoms with van der Waals surface area (Å²) in [7, 11) is -3.77. The lowest BCUT2D eigenvalue weighted by molar-refractivity contribution is -0.124.